The monoisotopic (exact) mass is 474 g/mol. The molecule has 0 fully saturated rings. The van der Waals surface area contributed by atoms with E-state index in [1.165, 1.54) is 23.9 Å². The van der Waals surface area contributed by atoms with Crippen molar-refractivity contribution >= 4 is 18.0 Å². The van der Waals surface area contributed by atoms with Crippen LogP contribution in [0.5, 0.6) is 0 Å². The molecule has 2 amide bonds. The minimum absolute atomic E-state index is 0.0461. The maximum Gasteiger partial charge on any atom is 0.407 e. The predicted octanol–water partition coefficient (Wildman–Crippen LogP) is 3.22. The number of carboxylic acids is 1. The number of rotatable bonds is 8. The van der Waals surface area contributed by atoms with E-state index < -0.39 is 18.0 Å². The summed E-state index contributed by atoms with van der Waals surface area (Å²) in [5, 5.41) is 18.3. The van der Waals surface area contributed by atoms with Crippen molar-refractivity contribution < 1.29 is 24.2 Å². The topological polar surface area (TPSA) is 123 Å². The SMILES string of the molecule is C/C(=C\CNC(=O)c1c(CNC(=O)OCC2c3ccccc3-c3ccccc32)cnn1C)C(=O)O. The molecule has 0 bridgehead atoms. The Kier molecular flexibility index (Phi) is 6.96. The minimum Gasteiger partial charge on any atom is -0.478 e. The first kappa shape index (κ1) is 23.7. The lowest BCUT2D eigenvalue weighted by atomic mass is 9.98. The first-order valence-corrected chi connectivity index (χ1v) is 11.1. The second kappa shape index (κ2) is 10.3. The highest BCUT2D eigenvalue weighted by atomic mass is 16.5. The highest BCUT2D eigenvalue weighted by molar-refractivity contribution is 5.94. The average molecular weight is 475 g/mol. The van der Waals surface area contributed by atoms with Crippen LogP contribution in [0.25, 0.3) is 11.1 Å². The summed E-state index contributed by atoms with van der Waals surface area (Å²) in [6, 6.07) is 16.2. The van der Waals surface area contributed by atoms with Crippen molar-refractivity contribution in [3.05, 3.63) is 88.8 Å². The molecule has 2 aromatic carbocycles. The Balaban J connectivity index is 1.35. The molecule has 1 heterocycles. The minimum atomic E-state index is -1.05. The van der Waals surface area contributed by atoms with Gasteiger partial charge in [0.25, 0.3) is 5.91 Å². The van der Waals surface area contributed by atoms with Crippen molar-refractivity contribution in [2.45, 2.75) is 19.4 Å². The van der Waals surface area contributed by atoms with E-state index in [-0.39, 0.29) is 36.9 Å². The number of alkyl carbamates (subject to hydrolysis) is 1. The molecular formula is C26H26N4O5. The van der Waals surface area contributed by atoms with Gasteiger partial charge in [-0.05, 0) is 29.2 Å². The van der Waals surface area contributed by atoms with E-state index in [1.807, 2.05) is 24.3 Å². The first-order valence-electron chi connectivity index (χ1n) is 11.1. The molecule has 0 spiro atoms. The molecule has 0 radical (unpaired) electrons. The van der Waals surface area contributed by atoms with E-state index in [0.29, 0.717) is 5.56 Å². The van der Waals surface area contributed by atoms with E-state index in [2.05, 4.69) is 40.0 Å². The number of aliphatic carboxylic acids is 1. The van der Waals surface area contributed by atoms with Crippen LogP contribution in [0.2, 0.25) is 0 Å². The average Bonchev–Trinajstić information content (AvgIpc) is 3.38. The third kappa shape index (κ3) is 5.08. The van der Waals surface area contributed by atoms with Crippen molar-refractivity contribution in [2.24, 2.45) is 7.05 Å². The van der Waals surface area contributed by atoms with Gasteiger partial charge in [0.2, 0.25) is 0 Å². The van der Waals surface area contributed by atoms with Crippen molar-refractivity contribution in [1.82, 2.24) is 20.4 Å². The zero-order valence-electron chi connectivity index (χ0n) is 19.4. The van der Waals surface area contributed by atoms with Gasteiger partial charge in [-0.1, -0.05) is 54.6 Å². The molecule has 1 aromatic heterocycles. The molecule has 0 unspecified atom stereocenters. The fourth-order valence-electron chi connectivity index (χ4n) is 4.19. The highest BCUT2D eigenvalue weighted by Gasteiger charge is 2.29. The van der Waals surface area contributed by atoms with E-state index in [4.69, 9.17) is 9.84 Å². The van der Waals surface area contributed by atoms with Crippen LogP contribution >= 0.6 is 0 Å². The standard InChI is InChI=1S/C26H26N4O5/c1-16(25(32)33)11-12-27-24(31)23-17(14-29-30(23)2)13-28-26(34)35-15-22-20-9-5-3-7-18(20)19-8-4-6-10-21(19)22/h3-11,14,22H,12-13,15H2,1-2H3,(H,27,31)(H,28,34)(H,32,33)/b16-11+. The normalized spacial score (nSPS) is 12.6. The molecule has 9 heteroatoms. The molecule has 0 saturated heterocycles. The molecule has 4 rings (SSSR count). The summed E-state index contributed by atoms with van der Waals surface area (Å²) in [5.74, 6) is -1.52. The zero-order valence-corrected chi connectivity index (χ0v) is 19.4. The molecule has 1 aliphatic rings. The first-order chi connectivity index (χ1) is 16.9. The number of benzene rings is 2. The van der Waals surface area contributed by atoms with Gasteiger partial charge >= 0.3 is 12.1 Å². The van der Waals surface area contributed by atoms with E-state index in [0.717, 1.165) is 22.3 Å². The van der Waals surface area contributed by atoms with Gasteiger partial charge in [-0.15, -0.1) is 0 Å². The lowest BCUT2D eigenvalue weighted by molar-refractivity contribution is -0.132. The van der Waals surface area contributed by atoms with Crippen LogP contribution in [-0.2, 0) is 23.1 Å². The third-order valence-corrected chi connectivity index (χ3v) is 6.00. The lowest BCUT2D eigenvalue weighted by Gasteiger charge is -2.14. The third-order valence-electron chi connectivity index (χ3n) is 6.00. The Bertz CT molecular complexity index is 1270. The molecule has 35 heavy (non-hydrogen) atoms. The fourth-order valence-corrected chi connectivity index (χ4v) is 4.19. The van der Waals surface area contributed by atoms with Crippen molar-refractivity contribution in [1.29, 1.82) is 0 Å². The molecule has 0 aliphatic heterocycles. The van der Waals surface area contributed by atoms with Gasteiger partial charge in [0.1, 0.15) is 12.3 Å². The second-order valence-electron chi connectivity index (χ2n) is 8.22. The van der Waals surface area contributed by atoms with Crippen molar-refractivity contribution in [3.8, 4) is 11.1 Å². The molecule has 0 saturated carbocycles. The van der Waals surface area contributed by atoms with Crippen LogP contribution in [0.15, 0.2) is 66.4 Å². The largest absolute Gasteiger partial charge is 0.478 e. The number of hydrogen-bond donors (Lipinski definition) is 3. The zero-order chi connectivity index (χ0) is 24.9. The Morgan fingerprint density at radius 1 is 1.06 bits per heavy atom. The van der Waals surface area contributed by atoms with E-state index >= 15 is 0 Å². The Labute approximate surface area is 202 Å². The van der Waals surface area contributed by atoms with Crippen LogP contribution in [0.3, 0.4) is 0 Å². The Morgan fingerprint density at radius 2 is 1.69 bits per heavy atom. The smallest absolute Gasteiger partial charge is 0.407 e. The Hall–Kier alpha value is -4.40. The number of ether oxygens (including phenoxy) is 1. The number of nitrogens with zero attached hydrogens (tertiary/aromatic N) is 2. The Morgan fingerprint density at radius 3 is 2.31 bits per heavy atom. The summed E-state index contributed by atoms with van der Waals surface area (Å²) in [4.78, 5) is 35.9. The number of fused-ring (bicyclic) bond motifs is 3. The number of hydrogen-bond acceptors (Lipinski definition) is 5. The van der Waals surface area contributed by atoms with Gasteiger partial charge in [0.15, 0.2) is 0 Å². The van der Waals surface area contributed by atoms with Gasteiger partial charge in [0, 0.05) is 30.6 Å². The number of aryl methyl sites for hydroxylation is 1. The fraction of sp³-hybridized carbons (Fsp3) is 0.231. The van der Waals surface area contributed by atoms with Gasteiger partial charge < -0.3 is 20.5 Å². The molecule has 3 aromatic rings. The van der Waals surface area contributed by atoms with Crippen LogP contribution in [0.4, 0.5) is 4.79 Å². The molecular weight excluding hydrogens is 448 g/mol. The number of nitrogens with one attached hydrogen (secondary N) is 2. The molecule has 9 nitrogen and oxygen atoms in total. The van der Waals surface area contributed by atoms with Gasteiger partial charge in [-0.2, -0.15) is 5.10 Å². The van der Waals surface area contributed by atoms with Crippen LogP contribution in [0.1, 0.15) is 40.0 Å². The van der Waals surface area contributed by atoms with Crippen molar-refractivity contribution in [2.75, 3.05) is 13.2 Å². The number of carbonyl (C=O) groups excluding carboxylic acids is 2. The van der Waals surface area contributed by atoms with E-state index in [1.54, 1.807) is 7.05 Å². The predicted molar refractivity (Wildman–Crippen MR) is 129 cm³/mol. The van der Waals surface area contributed by atoms with Crippen LogP contribution in [0, 0.1) is 0 Å². The highest BCUT2D eigenvalue weighted by Crippen LogP contribution is 2.44. The maximum atomic E-state index is 12.6. The lowest BCUT2D eigenvalue weighted by Crippen LogP contribution is -2.30. The van der Waals surface area contributed by atoms with E-state index in [9.17, 15) is 14.4 Å². The van der Waals surface area contributed by atoms with Gasteiger partial charge in [0.05, 0.1) is 12.7 Å². The number of amides is 2. The summed E-state index contributed by atoms with van der Waals surface area (Å²) >= 11 is 0. The summed E-state index contributed by atoms with van der Waals surface area (Å²) < 4.78 is 6.94. The molecule has 1 aliphatic carbocycles. The van der Waals surface area contributed by atoms with Crippen LogP contribution < -0.4 is 10.6 Å². The summed E-state index contributed by atoms with van der Waals surface area (Å²) in [6.07, 6.45) is 2.31. The molecule has 0 atom stereocenters. The number of carbonyl (C=O) groups is 3. The van der Waals surface area contributed by atoms with Gasteiger partial charge in [-0.3, -0.25) is 9.48 Å². The molecule has 180 valence electrons. The second-order valence-corrected chi connectivity index (χ2v) is 8.22. The maximum absolute atomic E-state index is 12.6. The quantitative estimate of drug-likeness (QED) is 0.431. The molecule has 3 N–H and O–H groups in total. The van der Waals surface area contributed by atoms with Gasteiger partial charge in [-0.25, -0.2) is 9.59 Å². The van der Waals surface area contributed by atoms with Crippen LogP contribution in [-0.4, -0.2) is 46.0 Å². The summed E-state index contributed by atoms with van der Waals surface area (Å²) in [7, 11) is 1.62. The summed E-state index contributed by atoms with van der Waals surface area (Å²) in [6.45, 7) is 1.75. The van der Waals surface area contributed by atoms with Crippen molar-refractivity contribution in [3.63, 3.8) is 0 Å². The number of aromatic nitrogens is 2. The summed E-state index contributed by atoms with van der Waals surface area (Å²) in [5.41, 5.74) is 5.46. The number of carboxylic acid groups (broad SMARTS) is 1.